The molecule has 1 fully saturated rings. The molecular formula is C8H16FN. The van der Waals surface area contributed by atoms with Crippen LogP contribution in [0.4, 0.5) is 4.39 Å². The first-order valence-electron chi connectivity index (χ1n) is 4.08. The molecule has 1 aliphatic carbocycles. The van der Waals surface area contributed by atoms with Crippen LogP contribution in [0.5, 0.6) is 0 Å². The van der Waals surface area contributed by atoms with Crippen LogP contribution < -0.4 is 5.73 Å². The number of hydrogen-bond donors (Lipinski definition) is 1. The lowest BCUT2D eigenvalue weighted by atomic mass is 10.0. The molecule has 0 spiro atoms. The minimum Gasteiger partial charge on any atom is -0.330 e. The maximum absolute atomic E-state index is 12.7. The molecule has 10 heavy (non-hydrogen) atoms. The van der Waals surface area contributed by atoms with Crippen LogP contribution in [0, 0.1) is 11.8 Å². The van der Waals surface area contributed by atoms with Crippen LogP contribution in [0.3, 0.4) is 0 Å². The quantitative estimate of drug-likeness (QED) is 0.629. The standard InChI is InChI=1S/C8H16FN/c1-6(9)8-3-2-7(4-8)5-10/h6-8H,2-5,10H2,1H3. The highest BCUT2D eigenvalue weighted by atomic mass is 19.1. The van der Waals surface area contributed by atoms with Crippen LogP contribution in [-0.4, -0.2) is 12.7 Å². The minimum absolute atomic E-state index is 0.300. The van der Waals surface area contributed by atoms with Gasteiger partial charge in [-0.25, -0.2) is 4.39 Å². The first-order valence-corrected chi connectivity index (χ1v) is 4.08. The van der Waals surface area contributed by atoms with Crippen molar-refractivity contribution in [2.24, 2.45) is 17.6 Å². The zero-order valence-electron chi connectivity index (χ0n) is 6.52. The summed E-state index contributed by atoms with van der Waals surface area (Å²) in [5.74, 6) is 0.900. The highest BCUT2D eigenvalue weighted by molar-refractivity contribution is 4.78. The van der Waals surface area contributed by atoms with Crippen molar-refractivity contribution in [1.29, 1.82) is 0 Å². The third kappa shape index (κ3) is 1.69. The maximum atomic E-state index is 12.7. The van der Waals surface area contributed by atoms with E-state index < -0.39 is 6.17 Å². The minimum atomic E-state index is -0.628. The third-order valence-electron chi connectivity index (χ3n) is 2.56. The predicted molar refractivity (Wildman–Crippen MR) is 40.5 cm³/mol. The van der Waals surface area contributed by atoms with E-state index in [9.17, 15) is 4.39 Å². The summed E-state index contributed by atoms with van der Waals surface area (Å²) in [7, 11) is 0. The summed E-state index contributed by atoms with van der Waals surface area (Å²) in [6, 6.07) is 0. The van der Waals surface area contributed by atoms with Crippen molar-refractivity contribution in [3.8, 4) is 0 Å². The topological polar surface area (TPSA) is 26.0 Å². The fourth-order valence-electron chi connectivity index (χ4n) is 1.74. The van der Waals surface area contributed by atoms with E-state index in [4.69, 9.17) is 5.73 Å². The molecule has 0 aromatic heterocycles. The van der Waals surface area contributed by atoms with Gasteiger partial charge in [0.25, 0.3) is 0 Å². The van der Waals surface area contributed by atoms with Crippen molar-refractivity contribution in [3.05, 3.63) is 0 Å². The van der Waals surface area contributed by atoms with Gasteiger partial charge in [0.2, 0.25) is 0 Å². The number of alkyl halides is 1. The van der Waals surface area contributed by atoms with Gasteiger partial charge < -0.3 is 5.73 Å². The fourth-order valence-corrected chi connectivity index (χ4v) is 1.74. The van der Waals surface area contributed by atoms with E-state index in [1.165, 1.54) is 0 Å². The molecule has 3 atom stereocenters. The van der Waals surface area contributed by atoms with Gasteiger partial charge in [0.1, 0.15) is 6.17 Å². The van der Waals surface area contributed by atoms with Crippen molar-refractivity contribution < 1.29 is 4.39 Å². The zero-order chi connectivity index (χ0) is 7.56. The monoisotopic (exact) mass is 145 g/mol. The van der Waals surface area contributed by atoms with Crippen molar-refractivity contribution in [1.82, 2.24) is 0 Å². The van der Waals surface area contributed by atoms with Gasteiger partial charge in [0.15, 0.2) is 0 Å². The van der Waals surface area contributed by atoms with Crippen LogP contribution in [0.15, 0.2) is 0 Å². The van der Waals surface area contributed by atoms with E-state index in [1.807, 2.05) is 0 Å². The van der Waals surface area contributed by atoms with Crippen molar-refractivity contribution in [2.45, 2.75) is 32.4 Å². The molecule has 1 aliphatic rings. The Morgan fingerprint density at radius 1 is 1.60 bits per heavy atom. The molecule has 3 unspecified atom stereocenters. The second-order valence-corrected chi connectivity index (χ2v) is 3.35. The van der Waals surface area contributed by atoms with E-state index in [2.05, 4.69) is 0 Å². The Morgan fingerprint density at radius 3 is 2.60 bits per heavy atom. The summed E-state index contributed by atoms with van der Waals surface area (Å²) >= 11 is 0. The summed E-state index contributed by atoms with van der Waals surface area (Å²) < 4.78 is 12.7. The normalized spacial score (nSPS) is 36.3. The Labute approximate surface area is 61.8 Å². The Hall–Kier alpha value is -0.110. The van der Waals surface area contributed by atoms with E-state index in [0.29, 0.717) is 11.8 Å². The molecule has 2 heteroatoms. The number of nitrogens with two attached hydrogens (primary N) is 1. The van der Waals surface area contributed by atoms with Crippen LogP contribution >= 0.6 is 0 Å². The van der Waals surface area contributed by atoms with Gasteiger partial charge in [-0.15, -0.1) is 0 Å². The fraction of sp³-hybridized carbons (Fsp3) is 1.00. The van der Waals surface area contributed by atoms with Crippen LogP contribution in [0.1, 0.15) is 26.2 Å². The van der Waals surface area contributed by atoms with Gasteiger partial charge in [-0.3, -0.25) is 0 Å². The average Bonchev–Trinajstić information content (AvgIpc) is 2.34. The summed E-state index contributed by atoms with van der Waals surface area (Å²) in [6.45, 7) is 2.40. The molecule has 0 bridgehead atoms. The van der Waals surface area contributed by atoms with Gasteiger partial charge in [-0.1, -0.05) is 0 Å². The van der Waals surface area contributed by atoms with Crippen molar-refractivity contribution in [3.63, 3.8) is 0 Å². The Bertz CT molecular complexity index is 103. The maximum Gasteiger partial charge on any atom is 0.100 e. The second kappa shape index (κ2) is 3.33. The SMILES string of the molecule is CC(F)C1CCC(CN)C1. The lowest BCUT2D eigenvalue weighted by Crippen LogP contribution is -2.13. The number of rotatable bonds is 2. The van der Waals surface area contributed by atoms with Gasteiger partial charge in [-0.2, -0.15) is 0 Å². The van der Waals surface area contributed by atoms with Crippen LogP contribution in [-0.2, 0) is 0 Å². The smallest absolute Gasteiger partial charge is 0.100 e. The zero-order valence-corrected chi connectivity index (χ0v) is 6.52. The summed E-state index contributed by atoms with van der Waals surface area (Å²) in [6.07, 6.45) is 2.56. The van der Waals surface area contributed by atoms with E-state index in [-0.39, 0.29) is 0 Å². The van der Waals surface area contributed by atoms with Gasteiger partial charge >= 0.3 is 0 Å². The first kappa shape index (κ1) is 7.99. The summed E-state index contributed by atoms with van der Waals surface area (Å²) in [5.41, 5.74) is 5.47. The largest absolute Gasteiger partial charge is 0.330 e. The molecule has 0 heterocycles. The van der Waals surface area contributed by atoms with Gasteiger partial charge in [-0.05, 0) is 44.6 Å². The third-order valence-corrected chi connectivity index (χ3v) is 2.56. The van der Waals surface area contributed by atoms with E-state index >= 15 is 0 Å². The molecule has 0 amide bonds. The number of halogens is 1. The average molecular weight is 145 g/mol. The summed E-state index contributed by atoms with van der Waals surface area (Å²) in [5, 5.41) is 0. The predicted octanol–water partition coefficient (Wildman–Crippen LogP) is 1.72. The highest BCUT2D eigenvalue weighted by Crippen LogP contribution is 2.33. The molecule has 60 valence electrons. The molecule has 1 nitrogen and oxygen atoms in total. The molecular weight excluding hydrogens is 129 g/mol. The molecule has 0 radical (unpaired) electrons. The van der Waals surface area contributed by atoms with Crippen LogP contribution in [0.25, 0.3) is 0 Å². The first-order chi connectivity index (χ1) is 4.74. The molecule has 0 saturated heterocycles. The van der Waals surface area contributed by atoms with Crippen molar-refractivity contribution in [2.75, 3.05) is 6.54 Å². The Kier molecular flexibility index (Phi) is 2.66. The van der Waals surface area contributed by atoms with Crippen molar-refractivity contribution >= 4 is 0 Å². The van der Waals surface area contributed by atoms with Gasteiger partial charge in [0, 0.05) is 0 Å². The van der Waals surface area contributed by atoms with Crippen LogP contribution in [0.2, 0.25) is 0 Å². The molecule has 2 N–H and O–H groups in total. The lowest BCUT2D eigenvalue weighted by Gasteiger charge is -2.10. The Balaban J connectivity index is 2.28. The molecule has 1 rings (SSSR count). The summed E-state index contributed by atoms with van der Waals surface area (Å²) in [4.78, 5) is 0. The second-order valence-electron chi connectivity index (χ2n) is 3.35. The lowest BCUT2D eigenvalue weighted by molar-refractivity contribution is 0.247. The van der Waals surface area contributed by atoms with E-state index in [0.717, 1.165) is 25.8 Å². The highest BCUT2D eigenvalue weighted by Gasteiger charge is 2.27. The molecule has 0 aromatic carbocycles. The molecule has 1 saturated carbocycles. The molecule has 0 aliphatic heterocycles. The van der Waals surface area contributed by atoms with E-state index in [1.54, 1.807) is 6.92 Å². The Morgan fingerprint density at radius 2 is 2.30 bits per heavy atom. The number of hydrogen-bond acceptors (Lipinski definition) is 1. The van der Waals surface area contributed by atoms with Gasteiger partial charge in [0.05, 0.1) is 0 Å². The molecule has 0 aromatic rings.